The molecule has 5 heteroatoms. The molecule has 0 amide bonds. The van der Waals surface area contributed by atoms with E-state index in [1.807, 2.05) is 0 Å². The van der Waals surface area contributed by atoms with Gasteiger partial charge in [-0.05, 0) is 19.3 Å². The molecule has 0 bridgehead atoms. The molecular formula is C8H15Cl2NaO2. The molecule has 0 aliphatic heterocycles. The van der Waals surface area contributed by atoms with Crippen LogP contribution < -0.4 is 0 Å². The van der Waals surface area contributed by atoms with Gasteiger partial charge in [0.15, 0.2) is 0 Å². The normalized spacial score (nSPS) is 11.8. The summed E-state index contributed by atoms with van der Waals surface area (Å²) in [7, 11) is 0. The average Bonchev–Trinajstić information content (AvgIpc) is 1.98. The van der Waals surface area contributed by atoms with Gasteiger partial charge in [-0.25, -0.2) is 0 Å². The third-order valence-corrected chi connectivity index (χ3v) is 2.23. The molecule has 0 radical (unpaired) electrons. The van der Waals surface area contributed by atoms with Crippen molar-refractivity contribution in [3.63, 3.8) is 0 Å². The second-order valence-electron chi connectivity index (χ2n) is 2.71. The number of carbonyl (C=O) groups is 1. The van der Waals surface area contributed by atoms with Gasteiger partial charge >= 0.3 is 35.5 Å². The molecule has 0 saturated heterocycles. The predicted molar refractivity (Wildman–Crippen MR) is 58.2 cm³/mol. The van der Waals surface area contributed by atoms with Crippen LogP contribution in [0.15, 0.2) is 0 Å². The van der Waals surface area contributed by atoms with E-state index in [-0.39, 0.29) is 41.4 Å². The first-order valence-electron chi connectivity index (χ1n) is 4.08. The van der Waals surface area contributed by atoms with Crippen LogP contribution >= 0.6 is 23.2 Å². The van der Waals surface area contributed by atoms with Crippen molar-refractivity contribution in [2.75, 3.05) is 5.88 Å². The van der Waals surface area contributed by atoms with Crippen molar-refractivity contribution in [1.29, 1.82) is 0 Å². The summed E-state index contributed by atoms with van der Waals surface area (Å²) in [6.07, 6.45) is 3.49. The minimum absolute atomic E-state index is 0. The number of rotatable bonds is 7. The summed E-state index contributed by atoms with van der Waals surface area (Å²) in [5.74, 6) is -0.161. The molecule has 1 atom stereocenters. The summed E-state index contributed by atoms with van der Waals surface area (Å²) >= 11 is 11.3. The summed E-state index contributed by atoms with van der Waals surface area (Å²) in [5.41, 5.74) is 0. The van der Waals surface area contributed by atoms with E-state index in [0.717, 1.165) is 19.3 Å². The van der Waals surface area contributed by atoms with Gasteiger partial charge in [0.2, 0.25) is 0 Å². The van der Waals surface area contributed by atoms with E-state index in [0.29, 0.717) is 12.3 Å². The fourth-order valence-corrected chi connectivity index (χ4v) is 1.54. The van der Waals surface area contributed by atoms with Crippen molar-refractivity contribution in [2.24, 2.45) is 0 Å². The van der Waals surface area contributed by atoms with E-state index in [1.54, 1.807) is 0 Å². The molecule has 0 rings (SSSR count). The Morgan fingerprint density at radius 2 is 1.92 bits per heavy atom. The molecule has 13 heavy (non-hydrogen) atoms. The van der Waals surface area contributed by atoms with Gasteiger partial charge in [0.1, 0.15) is 0 Å². The van der Waals surface area contributed by atoms with E-state index < -0.39 is 5.97 Å². The Morgan fingerprint density at radius 3 is 2.38 bits per heavy atom. The minimum atomic E-state index is -0.738. The van der Waals surface area contributed by atoms with E-state index in [9.17, 15) is 4.79 Å². The Kier molecular flexibility index (Phi) is 14.1. The van der Waals surface area contributed by atoms with Crippen molar-refractivity contribution < 1.29 is 9.90 Å². The molecule has 0 aliphatic carbocycles. The second-order valence-corrected chi connectivity index (χ2v) is 3.71. The number of hydrogen-bond acceptors (Lipinski definition) is 1. The number of aliphatic carboxylic acids is 1. The SMILES string of the molecule is O=C(O)CCCCC(Cl)CCCl.[NaH]. The molecular weight excluding hydrogens is 222 g/mol. The molecule has 2 nitrogen and oxygen atoms in total. The van der Waals surface area contributed by atoms with Crippen LogP contribution in [0.4, 0.5) is 0 Å². The topological polar surface area (TPSA) is 37.3 Å². The Labute approximate surface area is 111 Å². The molecule has 1 unspecified atom stereocenters. The first kappa shape index (κ1) is 16.5. The molecule has 0 heterocycles. The summed E-state index contributed by atoms with van der Waals surface area (Å²) in [4.78, 5) is 10.1. The number of carboxylic acids is 1. The summed E-state index contributed by atoms with van der Waals surface area (Å²) in [5, 5.41) is 8.44. The van der Waals surface area contributed by atoms with Gasteiger partial charge < -0.3 is 5.11 Å². The van der Waals surface area contributed by atoms with E-state index >= 15 is 0 Å². The van der Waals surface area contributed by atoms with Gasteiger partial charge in [-0.3, -0.25) is 4.79 Å². The third-order valence-electron chi connectivity index (χ3n) is 1.58. The number of halogens is 2. The molecule has 0 aromatic rings. The first-order chi connectivity index (χ1) is 5.66. The van der Waals surface area contributed by atoms with Crippen molar-refractivity contribution in [1.82, 2.24) is 0 Å². The second kappa shape index (κ2) is 11.1. The summed E-state index contributed by atoms with van der Waals surface area (Å²) in [6.45, 7) is 0. The van der Waals surface area contributed by atoms with Crippen LogP contribution in [0.1, 0.15) is 32.1 Å². The molecule has 0 fully saturated rings. The maximum atomic E-state index is 10.1. The van der Waals surface area contributed by atoms with E-state index in [4.69, 9.17) is 28.3 Å². The van der Waals surface area contributed by atoms with E-state index in [2.05, 4.69) is 0 Å². The van der Waals surface area contributed by atoms with Gasteiger partial charge in [-0.15, -0.1) is 23.2 Å². The van der Waals surface area contributed by atoms with Gasteiger partial charge in [0.25, 0.3) is 0 Å². The fraction of sp³-hybridized carbons (Fsp3) is 0.875. The Morgan fingerprint density at radius 1 is 1.31 bits per heavy atom. The van der Waals surface area contributed by atoms with Crippen LogP contribution in [-0.2, 0) is 4.79 Å². The average molecular weight is 237 g/mol. The molecule has 0 aromatic heterocycles. The van der Waals surface area contributed by atoms with E-state index in [1.165, 1.54) is 0 Å². The third kappa shape index (κ3) is 13.1. The Balaban J connectivity index is 0. The van der Waals surface area contributed by atoms with Crippen LogP contribution in [0.3, 0.4) is 0 Å². The van der Waals surface area contributed by atoms with Crippen molar-refractivity contribution in [3.05, 3.63) is 0 Å². The maximum absolute atomic E-state index is 10.1. The van der Waals surface area contributed by atoms with Crippen LogP contribution in [0.2, 0.25) is 0 Å². The molecule has 74 valence electrons. The predicted octanol–water partition coefficient (Wildman–Crippen LogP) is 2.22. The van der Waals surface area contributed by atoms with Crippen molar-refractivity contribution in [2.45, 2.75) is 37.5 Å². The molecule has 0 saturated carbocycles. The molecule has 0 spiro atoms. The van der Waals surface area contributed by atoms with Crippen LogP contribution in [0, 0.1) is 0 Å². The molecule has 1 N–H and O–H groups in total. The Hall–Kier alpha value is 1.05. The van der Waals surface area contributed by atoms with Gasteiger partial charge in [0, 0.05) is 17.7 Å². The van der Waals surface area contributed by atoms with Gasteiger partial charge in [-0.2, -0.15) is 0 Å². The number of carboxylic acid groups (broad SMARTS) is 1. The Bertz CT molecular complexity index is 133. The summed E-state index contributed by atoms with van der Waals surface area (Å²) in [6, 6.07) is 0. The van der Waals surface area contributed by atoms with Crippen molar-refractivity contribution in [3.8, 4) is 0 Å². The molecule has 0 aromatic carbocycles. The summed E-state index contributed by atoms with van der Waals surface area (Å²) < 4.78 is 0. The van der Waals surface area contributed by atoms with Crippen LogP contribution in [0.25, 0.3) is 0 Å². The van der Waals surface area contributed by atoms with Crippen molar-refractivity contribution >= 4 is 58.7 Å². The van der Waals surface area contributed by atoms with Gasteiger partial charge in [-0.1, -0.05) is 6.42 Å². The number of alkyl halides is 2. The van der Waals surface area contributed by atoms with Gasteiger partial charge in [0.05, 0.1) is 0 Å². The molecule has 0 aliphatic rings. The fourth-order valence-electron chi connectivity index (χ4n) is 0.905. The number of unbranched alkanes of at least 4 members (excludes halogenated alkanes) is 1. The quantitative estimate of drug-likeness (QED) is 0.418. The monoisotopic (exact) mass is 236 g/mol. The zero-order valence-electron chi connectivity index (χ0n) is 6.93. The van der Waals surface area contributed by atoms with Crippen LogP contribution in [0.5, 0.6) is 0 Å². The standard InChI is InChI=1S/C8H14Cl2O2.Na.H/c9-6-5-7(10)3-1-2-4-8(11)12;;/h7H,1-6H2,(H,11,12);;. The zero-order chi connectivity index (χ0) is 9.40. The zero-order valence-corrected chi connectivity index (χ0v) is 8.44. The number of hydrogen-bond donors (Lipinski definition) is 1. The van der Waals surface area contributed by atoms with Crippen LogP contribution in [-0.4, -0.2) is 51.9 Å². The first-order valence-corrected chi connectivity index (χ1v) is 5.05.